The lowest BCUT2D eigenvalue weighted by molar-refractivity contribution is -0.119. The van der Waals surface area contributed by atoms with Gasteiger partial charge in [0.2, 0.25) is 5.91 Å². The molecule has 1 unspecified atom stereocenters. The molecule has 1 amide bonds. The van der Waals surface area contributed by atoms with Crippen LogP contribution in [-0.2, 0) is 4.79 Å². The van der Waals surface area contributed by atoms with Crippen LogP contribution in [0.3, 0.4) is 0 Å². The molecule has 5 heteroatoms. The van der Waals surface area contributed by atoms with Gasteiger partial charge in [0.15, 0.2) is 5.82 Å². The Morgan fingerprint density at radius 3 is 2.62 bits per heavy atom. The van der Waals surface area contributed by atoms with Gasteiger partial charge in [-0.1, -0.05) is 13.8 Å². The number of hydrogen-bond acceptors (Lipinski definition) is 2. The largest absolute Gasteiger partial charge is 0.397 e. The van der Waals surface area contributed by atoms with Crippen LogP contribution in [-0.4, -0.2) is 5.91 Å². The summed E-state index contributed by atoms with van der Waals surface area (Å²) in [7, 11) is 0. The van der Waals surface area contributed by atoms with E-state index in [9.17, 15) is 13.6 Å². The number of nitrogens with two attached hydrogens (primary N) is 1. The Labute approximate surface area is 92.6 Å². The standard InChI is InChI=1S/C11H14F2N2O/c1-3-6(2)11(16)15-10-8(13)4-7(12)5-9(10)14/h4-6H,3,14H2,1-2H3,(H,15,16). The van der Waals surface area contributed by atoms with Crippen molar-refractivity contribution in [2.24, 2.45) is 5.92 Å². The van der Waals surface area contributed by atoms with Crippen molar-refractivity contribution in [1.29, 1.82) is 0 Å². The van der Waals surface area contributed by atoms with E-state index in [4.69, 9.17) is 5.73 Å². The van der Waals surface area contributed by atoms with Crippen LogP contribution in [0.1, 0.15) is 20.3 Å². The zero-order valence-corrected chi connectivity index (χ0v) is 9.18. The Bertz CT molecular complexity index is 384. The molecule has 1 aromatic carbocycles. The summed E-state index contributed by atoms with van der Waals surface area (Å²) in [5.41, 5.74) is 5.14. The maximum absolute atomic E-state index is 13.3. The number of benzene rings is 1. The van der Waals surface area contributed by atoms with Gasteiger partial charge in [0.25, 0.3) is 0 Å². The van der Waals surface area contributed by atoms with E-state index in [-0.39, 0.29) is 23.2 Å². The summed E-state index contributed by atoms with van der Waals surface area (Å²) in [5, 5.41) is 2.35. The molecular weight excluding hydrogens is 214 g/mol. The maximum Gasteiger partial charge on any atom is 0.227 e. The second kappa shape index (κ2) is 4.92. The van der Waals surface area contributed by atoms with Gasteiger partial charge in [-0.25, -0.2) is 8.78 Å². The third-order valence-corrected chi connectivity index (χ3v) is 2.39. The topological polar surface area (TPSA) is 55.1 Å². The predicted octanol–water partition coefficient (Wildman–Crippen LogP) is 2.53. The number of carbonyl (C=O) groups is 1. The second-order valence-electron chi connectivity index (χ2n) is 3.65. The molecule has 0 aliphatic carbocycles. The Morgan fingerprint density at radius 1 is 1.50 bits per heavy atom. The normalized spacial score (nSPS) is 12.2. The molecule has 0 radical (unpaired) electrons. The highest BCUT2D eigenvalue weighted by molar-refractivity contribution is 5.95. The Kier molecular flexibility index (Phi) is 3.82. The minimum atomic E-state index is -0.867. The van der Waals surface area contributed by atoms with E-state index in [1.165, 1.54) is 0 Å². The highest BCUT2D eigenvalue weighted by Gasteiger charge is 2.15. The zero-order valence-electron chi connectivity index (χ0n) is 9.18. The number of anilines is 2. The molecule has 3 N–H and O–H groups in total. The Balaban J connectivity index is 2.93. The molecule has 1 rings (SSSR count). The Hall–Kier alpha value is -1.65. The third-order valence-electron chi connectivity index (χ3n) is 2.39. The SMILES string of the molecule is CCC(C)C(=O)Nc1c(N)cc(F)cc1F. The van der Waals surface area contributed by atoms with Gasteiger partial charge in [-0.15, -0.1) is 0 Å². The number of nitrogen functional groups attached to an aromatic ring is 1. The van der Waals surface area contributed by atoms with E-state index >= 15 is 0 Å². The summed E-state index contributed by atoms with van der Waals surface area (Å²) in [5.74, 6) is -2.21. The summed E-state index contributed by atoms with van der Waals surface area (Å²) in [6, 6.07) is 1.65. The molecule has 0 saturated carbocycles. The molecule has 0 spiro atoms. The monoisotopic (exact) mass is 228 g/mol. The van der Waals surface area contributed by atoms with Gasteiger partial charge >= 0.3 is 0 Å². The smallest absolute Gasteiger partial charge is 0.227 e. The third kappa shape index (κ3) is 2.68. The fraction of sp³-hybridized carbons (Fsp3) is 0.364. The maximum atomic E-state index is 13.3. The molecule has 0 aromatic heterocycles. The molecular formula is C11H14F2N2O. The van der Waals surface area contributed by atoms with E-state index in [2.05, 4.69) is 5.32 Å². The van der Waals surface area contributed by atoms with Crippen molar-refractivity contribution in [3.63, 3.8) is 0 Å². The molecule has 0 bridgehead atoms. The quantitative estimate of drug-likeness (QED) is 0.781. The summed E-state index contributed by atoms with van der Waals surface area (Å²) in [6.07, 6.45) is 0.633. The van der Waals surface area contributed by atoms with Gasteiger partial charge in [-0.2, -0.15) is 0 Å². The first-order chi connectivity index (χ1) is 7.45. The van der Waals surface area contributed by atoms with Crippen molar-refractivity contribution >= 4 is 17.3 Å². The van der Waals surface area contributed by atoms with Gasteiger partial charge < -0.3 is 11.1 Å². The lowest BCUT2D eigenvalue weighted by Gasteiger charge is -2.12. The number of hydrogen-bond donors (Lipinski definition) is 2. The molecule has 0 aliphatic heterocycles. The molecule has 0 aliphatic rings. The van der Waals surface area contributed by atoms with Gasteiger partial charge in [-0.05, 0) is 12.5 Å². The van der Waals surface area contributed by atoms with Crippen LogP contribution in [0.25, 0.3) is 0 Å². The van der Waals surface area contributed by atoms with Crippen molar-refractivity contribution in [1.82, 2.24) is 0 Å². The minimum Gasteiger partial charge on any atom is -0.397 e. The molecule has 16 heavy (non-hydrogen) atoms. The zero-order chi connectivity index (χ0) is 12.3. The highest BCUT2D eigenvalue weighted by Crippen LogP contribution is 2.24. The number of rotatable bonds is 3. The van der Waals surface area contributed by atoms with Crippen LogP contribution in [0.2, 0.25) is 0 Å². The number of halogens is 2. The van der Waals surface area contributed by atoms with Gasteiger partial charge in [0, 0.05) is 12.0 Å². The lowest BCUT2D eigenvalue weighted by atomic mass is 10.1. The first-order valence-corrected chi connectivity index (χ1v) is 5.01. The van der Waals surface area contributed by atoms with Crippen LogP contribution < -0.4 is 11.1 Å². The predicted molar refractivity (Wildman–Crippen MR) is 58.9 cm³/mol. The molecule has 0 saturated heterocycles. The Morgan fingerprint density at radius 2 is 2.12 bits per heavy atom. The van der Waals surface area contributed by atoms with Crippen molar-refractivity contribution in [3.8, 4) is 0 Å². The highest BCUT2D eigenvalue weighted by atomic mass is 19.1. The molecule has 3 nitrogen and oxygen atoms in total. The second-order valence-corrected chi connectivity index (χ2v) is 3.65. The molecule has 1 atom stereocenters. The average Bonchev–Trinajstić information content (AvgIpc) is 2.21. The van der Waals surface area contributed by atoms with E-state index < -0.39 is 11.6 Å². The van der Waals surface area contributed by atoms with E-state index in [0.29, 0.717) is 12.5 Å². The fourth-order valence-electron chi connectivity index (χ4n) is 1.16. The molecule has 0 heterocycles. The summed E-state index contributed by atoms with van der Waals surface area (Å²) in [6.45, 7) is 3.56. The first-order valence-electron chi connectivity index (χ1n) is 5.01. The van der Waals surface area contributed by atoms with Crippen LogP contribution in [0.5, 0.6) is 0 Å². The first kappa shape index (κ1) is 12.4. The summed E-state index contributed by atoms with van der Waals surface area (Å²) >= 11 is 0. The molecule has 1 aromatic rings. The fourth-order valence-corrected chi connectivity index (χ4v) is 1.16. The van der Waals surface area contributed by atoms with Crippen molar-refractivity contribution < 1.29 is 13.6 Å². The van der Waals surface area contributed by atoms with Crippen LogP contribution in [0, 0.1) is 17.6 Å². The van der Waals surface area contributed by atoms with Crippen LogP contribution in [0.15, 0.2) is 12.1 Å². The van der Waals surface area contributed by atoms with Crippen molar-refractivity contribution in [2.75, 3.05) is 11.1 Å². The van der Waals surface area contributed by atoms with Gasteiger partial charge in [0.1, 0.15) is 11.5 Å². The molecule has 0 fully saturated rings. The molecule has 88 valence electrons. The minimum absolute atomic E-state index is 0.117. The average molecular weight is 228 g/mol. The van der Waals surface area contributed by atoms with Crippen LogP contribution >= 0.6 is 0 Å². The number of carbonyl (C=O) groups excluding carboxylic acids is 1. The van der Waals surface area contributed by atoms with Crippen molar-refractivity contribution in [3.05, 3.63) is 23.8 Å². The summed E-state index contributed by atoms with van der Waals surface area (Å²) in [4.78, 5) is 11.5. The van der Waals surface area contributed by atoms with Gasteiger partial charge in [-0.3, -0.25) is 4.79 Å². The van der Waals surface area contributed by atoms with Crippen molar-refractivity contribution in [2.45, 2.75) is 20.3 Å². The number of nitrogens with one attached hydrogen (secondary N) is 1. The summed E-state index contributed by atoms with van der Waals surface area (Å²) < 4.78 is 26.0. The van der Waals surface area contributed by atoms with Crippen LogP contribution in [0.4, 0.5) is 20.2 Å². The van der Waals surface area contributed by atoms with E-state index in [0.717, 1.165) is 6.07 Å². The number of amides is 1. The van der Waals surface area contributed by atoms with E-state index in [1.54, 1.807) is 6.92 Å². The lowest BCUT2D eigenvalue weighted by Crippen LogP contribution is -2.21. The van der Waals surface area contributed by atoms with Gasteiger partial charge in [0.05, 0.1) is 5.69 Å². The van der Waals surface area contributed by atoms with E-state index in [1.807, 2.05) is 6.92 Å².